The Balaban J connectivity index is 2.32. The molecule has 0 spiro atoms. The lowest BCUT2D eigenvalue weighted by molar-refractivity contribution is -0.164. The molecular weight excluding hydrogens is 265 g/mol. The smallest absolute Gasteiger partial charge is 0.281 e. The molecule has 0 aromatic heterocycles. The summed E-state index contributed by atoms with van der Waals surface area (Å²) < 4.78 is 38.2. The third-order valence-corrected chi connectivity index (χ3v) is 3.14. The summed E-state index contributed by atoms with van der Waals surface area (Å²) in [4.78, 5) is 0. The number of alkyl halides is 3. The van der Waals surface area contributed by atoms with Crippen molar-refractivity contribution in [3.8, 4) is 0 Å². The highest BCUT2D eigenvalue weighted by Crippen LogP contribution is 2.34. The van der Waals surface area contributed by atoms with Gasteiger partial charge in [-0.15, -0.1) is 0 Å². The molecule has 0 radical (unpaired) electrons. The predicted octanol–water partition coefficient (Wildman–Crippen LogP) is 3.76. The van der Waals surface area contributed by atoms with Gasteiger partial charge < -0.3 is 0 Å². The summed E-state index contributed by atoms with van der Waals surface area (Å²) in [6.45, 7) is 1.83. The van der Waals surface area contributed by atoms with Gasteiger partial charge in [0.05, 0.1) is 5.69 Å². The molecule has 0 fully saturated rings. The van der Waals surface area contributed by atoms with Crippen molar-refractivity contribution in [2.45, 2.75) is 19.1 Å². The number of anilines is 1. The summed E-state index contributed by atoms with van der Waals surface area (Å²) >= 11 is 5.88. The van der Waals surface area contributed by atoms with E-state index in [0.29, 0.717) is 10.7 Å². The minimum Gasteiger partial charge on any atom is -0.281 e. The second kappa shape index (κ2) is 4.48. The molecule has 0 saturated carbocycles. The number of halogens is 4. The van der Waals surface area contributed by atoms with Crippen LogP contribution in [0.3, 0.4) is 0 Å². The van der Waals surface area contributed by atoms with Crippen molar-refractivity contribution < 1.29 is 13.2 Å². The average molecular weight is 277 g/mol. The molecule has 2 rings (SSSR count). The normalized spacial score (nSPS) is 20.8. The lowest BCUT2D eigenvalue weighted by atomic mass is 10.2. The quantitative estimate of drug-likeness (QED) is 0.771. The molecule has 6 heteroatoms. The topological polar surface area (TPSA) is 6.48 Å². The first-order chi connectivity index (χ1) is 8.30. The van der Waals surface area contributed by atoms with Gasteiger partial charge in [-0.2, -0.15) is 13.2 Å². The molecule has 1 atom stereocenters. The van der Waals surface area contributed by atoms with Crippen molar-refractivity contribution in [2.24, 2.45) is 0 Å². The fraction of sp³-hybridized carbons (Fsp3) is 0.333. The van der Waals surface area contributed by atoms with Gasteiger partial charge in [0, 0.05) is 18.3 Å². The monoisotopic (exact) mass is 276 g/mol. The van der Waals surface area contributed by atoms with Gasteiger partial charge in [0.15, 0.2) is 0 Å². The molecule has 1 aliphatic rings. The van der Waals surface area contributed by atoms with Crippen LogP contribution in [0.15, 0.2) is 30.5 Å². The van der Waals surface area contributed by atoms with E-state index >= 15 is 0 Å². The largest absolute Gasteiger partial charge is 0.409 e. The van der Waals surface area contributed by atoms with Gasteiger partial charge in [-0.25, -0.2) is 5.01 Å². The van der Waals surface area contributed by atoms with E-state index in [4.69, 9.17) is 11.6 Å². The van der Waals surface area contributed by atoms with Gasteiger partial charge in [0.2, 0.25) is 0 Å². The summed E-state index contributed by atoms with van der Waals surface area (Å²) in [7, 11) is 1.40. The molecule has 1 aromatic carbocycles. The fourth-order valence-corrected chi connectivity index (χ4v) is 2.09. The Morgan fingerprint density at radius 1 is 1.28 bits per heavy atom. The van der Waals surface area contributed by atoms with E-state index in [1.54, 1.807) is 18.2 Å². The molecule has 2 nitrogen and oxygen atoms in total. The van der Waals surface area contributed by atoms with Gasteiger partial charge in [-0.05, 0) is 30.7 Å². The maximum absolute atomic E-state index is 12.7. The van der Waals surface area contributed by atoms with Crippen LogP contribution in [0.1, 0.15) is 5.56 Å². The molecule has 0 amide bonds. The minimum atomic E-state index is -4.29. The van der Waals surface area contributed by atoms with Gasteiger partial charge in [0.25, 0.3) is 0 Å². The molecule has 0 aliphatic carbocycles. The number of aryl methyl sites for hydroxylation is 1. The average Bonchev–Trinajstić information content (AvgIpc) is 2.63. The number of hydrazine groups is 1. The van der Waals surface area contributed by atoms with Gasteiger partial charge in [0.1, 0.15) is 6.04 Å². The lowest BCUT2D eigenvalue weighted by Crippen LogP contribution is -2.45. The summed E-state index contributed by atoms with van der Waals surface area (Å²) in [5.41, 5.74) is 1.51. The highest BCUT2D eigenvalue weighted by molar-refractivity contribution is 6.30. The van der Waals surface area contributed by atoms with Crippen LogP contribution in [0.4, 0.5) is 18.9 Å². The SMILES string of the molecule is Cc1ccc(Cl)cc1N1C=CC(C(F)(F)F)N1C. The van der Waals surface area contributed by atoms with Crippen molar-refractivity contribution in [1.82, 2.24) is 5.01 Å². The molecule has 0 N–H and O–H groups in total. The first kappa shape index (κ1) is 13.2. The maximum atomic E-state index is 12.7. The van der Waals surface area contributed by atoms with E-state index in [1.165, 1.54) is 18.3 Å². The molecule has 1 unspecified atom stereocenters. The van der Waals surface area contributed by atoms with Crippen molar-refractivity contribution >= 4 is 17.3 Å². The Hall–Kier alpha value is -1.20. The molecule has 1 heterocycles. The highest BCUT2D eigenvalue weighted by Gasteiger charge is 2.45. The van der Waals surface area contributed by atoms with Crippen LogP contribution in [0, 0.1) is 6.92 Å². The predicted molar refractivity (Wildman–Crippen MR) is 65.4 cm³/mol. The zero-order valence-electron chi connectivity index (χ0n) is 9.87. The van der Waals surface area contributed by atoms with Crippen molar-refractivity contribution in [1.29, 1.82) is 0 Å². The Kier molecular flexibility index (Phi) is 3.29. The van der Waals surface area contributed by atoms with Crippen LogP contribution >= 0.6 is 11.6 Å². The van der Waals surface area contributed by atoms with Crippen LogP contribution < -0.4 is 5.01 Å². The first-order valence-corrected chi connectivity index (χ1v) is 5.71. The molecule has 0 bridgehead atoms. The number of hydrogen-bond donors (Lipinski definition) is 0. The van der Waals surface area contributed by atoms with Crippen LogP contribution in [-0.4, -0.2) is 24.3 Å². The second-order valence-corrected chi connectivity index (χ2v) is 4.61. The van der Waals surface area contributed by atoms with Crippen LogP contribution in [0.2, 0.25) is 5.02 Å². The second-order valence-electron chi connectivity index (χ2n) is 4.18. The van der Waals surface area contributed by atoms with E-state index in [2.05, 4.69) is 0 Å². The number of benzene rings is 1. The summed E-state index contributed by atoms with van der Waals surface area (Å²) in [5, 5.41) is 3.09. The van der Waals surface area contributed by atoms with Crippen molar-refractivity contribution in [3.05, 3.63) is 41.1 Å². The minimum absolute atomic E-state index is 0.493. The van der Waals surface area contributed by atoms with E-state index < -0.39 is 12.2 Å². The Labute approximate surface area is 108 Å². The molecule has 18 heavy (non-hydrogen) atoms. The molecule has 0 saturated heterocycles. The van der Waals surface area contributed by atoms with Gasteiger partial charge in [-0.3, -0.25) is 5.01 Å². The summed E-state index contributed by atoms with van der Waals surface area (Å²) in [6, 6.07) is 3.54. The number of hydrogen-bond acceptors (Lipinski definition) is 2. The Morgan fingerprint density at radius 2 is 1.94 bits per heavy atom. The van der Waals surface area contributed by atoms with Crippen LogP contribution in [0.25, 0.3) is 0 Å². The van der Waals surface area contributed by atoms with Crippen molar-refractivity contribution in [2.75, 3.05) is 12.1 Å². The molecule has 1 aliphatic heterocycles. The van der Waals surface area contributed by atoms with E-state index in [-0.39, 0.29) is 0 Å². The Morgan fingerprint density at radius 3 is 2.50 bits per heavy atom. The lowest BCUT2D eigenvalue weighted by Gasteiger charge is -2.31. The summed E-state index contributed by atoms with van der Waals surface area (Å²) in [6.07, 6.45) is -1.75. The van der Waals surface area contributed by atoms with Crippen LogP contribution in [-0.2, 0) is 0 Å². The Bertz CT molecular complexity index is 485. The third-order valence-electron chi connectivity index (χ3n) is 2.91. The van der Waals surface area contributed by atoms with E-state index in [0.717, 1.165) is 16.6 Å². The number of likely N-dealkylation sites (N-methyl/N-ethyl adjacent to an activating group) is 1. The molecule has 98 valence electrons. The molecular formula is C12H12ClF3N2. The maximum Gasteiger partial charge on any atom is 0.409 e. The zero-order valence-corrected chi connectivity index (χ0v) is 10.6. The van der Waals surface area contributed by atoms with Gasteiger partial charge in [-0.1, -0.05) is 17.7 Å². The third kappa shape index (κ3) is 2.33. The van der Waals surface area contributed by atoms with E-state index in [1.807, 2.05) is 6.92 Å². The van der Waals surface area contributed by atoms with E-state index in [9.17, 15) is 13.2 Å². The van der Waals surface area contributed by atoms with Crippen LogP contribution in [0.5, 0.6) is 0 Å². The standard InChI is InChI=1S/C12H12ClF3N2/c1-8-3-4-9(13)7-10(8)18-6-5-11(17(18)2)12(14,15)16/h3-7,11H,1-2H3. The van der Waals surface area contributed by atoms with Gasteiger partial charge >= 0.3 is 6.18 Å². The molecule has 1 aromatic rings. The first-order valence-electron chi connectivity index (χ1n) is 5.34. The zero-order chi connectivity index (χ0) is 13.5. The number of nitrogens with zero attached hydrogens (tertiary/aromatic N) is 2. The number of rotatable bonds is 1. The summed E-state index contributed by atoms with van der Waals surface area (Å²) in [5.74, 6) is 0. The van der Waals surface area contributed by atoms with Crippen molar-refractivity contribution in [3.63, 3.8) is 0 Å². The fourth-order valence-electron chi connectivity index (χ4n) is 1.93. The highest BCUT2D eigenvalue weighted by atomic mass is 35.5.